The molecule has 0 saturated heterocycles. The summed E-state index contributed by atoms with van der Waals surface area (Å²) in [5, 5.41) is 1.22. The number of carbonyl (C=O) groups is 1. The Kier molecular flexibility index (Phi) is 6.75. The van der Waals surface area contributed by atoms with Gasteiger partial charge in [0, 0.05) is 5.41 Å². The predicted octanol–water partition coefficient (Wildman–Crippen LogP) is 5.58. The van der Waals surface area contributed by atoms with Crippen molar-refractivity contribution in [2.24, 2.45) is 5.41 Å². The zero-order chi connectivity index (χ0) is 17.7. The van der Waals surface area contributed by atoms with Gasteiger partial charge in [0.25, 0.3) is 0 Å². The van der Waals surface area contributed by atoms with E-state index < -0.39 is 0 Å². The third-order valence-electron chi connectivity index (χ3n) is 2.92. The number of fused-ring (bicyclic) bond motifs is 1. The van der Waals surface area contributed by atoms with E-state index in [4.69, 9.17) is 4.74 Å². The van der Waals surface area contributed by atoms with Gasteiger partial charge in [0.15, 0.2) is 0 Å². The second-order valence-electron chi connectivity index (χ2n) is 7.78. The first-order valence-corrected chi connectivity index (χ1v) is 8.86. The zero-order valence-electron chi connectivity index (χ0n) is 15.4. The first-order valence-electron chi connectivity index (χ1n) is 8.04. The van der Waals surface area contributed by atoms with E-state index >= 15 is 0 Å². The SMILES string of the molecule is CC(C)(C)c1nc2ccccc2s1.CCOC(=O)CC(C)(C)C. The minimum Gasteiger partial charge on any atom is -0.466 e. The van der Waals surface area contributed by atoms with Crippen molar-refractivity contribution in [2.45, 2.75) is 60.3 Å². The fourth-order valence-corrected chi connectivity index (χ4v) is 2.86. The second-order valence-corrected chi connectivity index (χ2v) is 8.81. The van der Waals surface area contributed by atoms with Crippen LogP contribution in [-0.4, -0.2) is 17.6 Å². The highest BCUT2D eigenvalue weighted by Crippen LogP contribution is 2.30. The summed E-state index contributed by atoms with van der Waals surface area (Å²) in [6.07, 6.45) is 0.501. The van der Waals surface area contributed by atoms with Gasteiger partial charge in [-0.1, -0.05) is 53.7 Å². The summed E-state index contributed by atoms with van der Waals surface area (Å²) >= 11 is 1.79. The molecule has 0 radical (unpaired) electrons. The lowest BCUT2D eigenvalue weighted by molar-refractivity contribution is -0.145. The average molecular weight is 336 g/mol. The summed E-state index contributed by atoms with van der Waals surface area (Å²) < 4.78 is 6.06. The molecule has 23 heavy (non-hydrogen) atoms. The quantitative estimate of drug-likeness (QED) is 0.673. The highest BCUT2D eigenvalue weighted by molar-refractivity contribution is 7.18. The van der Waals surface area contributed by atoms with Gasteiger partial charge < -0.3 is 4.74 Å². The Morgan fingerprint density at radius 1 is 1.13 bits per heavy atom. The van der Waals surface area contributed by atoms with E-state index in [-0.39, 0.29) is 16.8 Å². The number of hydrogen-bond acceptors (Lipinski definition) is 4. The van der Waals surface area contributed by atoms with Crippen molar-refractivity contribution in [2.75, 3.05) is 6.61 Å². The lowest BCUT2D eigenvalue weighted by atomic mass is 9.93. The van der Waals surface area contributed by atoms with Crippen molar-refractivity contribution in [3.05, 3.63) is 29.3 Å². The van der Waals surface area contributed by atoms with Gasteiger partial charge in [0.1, 0.15) is 0 Å². The third-order valence-corrected chi connectivity index (χ3v) is 4.38. The van der Waals surface area contributed by atoms with Crippen molar-refractivity contribution >= 4 is 27.5 Å². The molecule has 0 unspecified atom stereocenters. The molecule has 1 heterocycles. The van der Waals surface area contributed by atoms with Gasteiger partial charge in [0.05, 0.1) is 28.3 Å². The Hall–Kier alpha value is -1.42. The number of ether oxygens (including phenoxy) is 1. The second kappa shape index (κ2) is 7.91. The van der Waals surface area contributed by atoms with Crippen LogP contribution in [0.25, 0.3) is 10.2 Å². The Morgan fingerprint density at radius 3 is 2.22 bits per heavy atom. The Balaban J connectivity index is 0.000000241. The van der Waals surface area contributed by atoms with Gasteiger partial charge in [-0.05, 0) is 24.5 Å². The van der Waals surface area contributed by atoms with Gasteiger partial charge in [-0.15, -0.1) is 11.3 Å². The molecule has 0 aliphatic carbocycles. The summed E-state index contributed by atoms with van der Waals surface area (Å²) in [7, 11) is 0. The van der Waals surface area contributed by atoms with E-state index in [1.807, 2.05) is 33.8 Å². The van der Waals surface area contributed by atoms with Crippen LogP contribution in [0.2, 0.25) is 0 Å². The number of benzene rings is 1. The van der Waals surface area contributed by atoms with Crippen molar-refractivity contribution in [3.63, 3.8) is 0 Å². The number of nitrogens with zero attached hydrogens (tertiary/aromatic N) is 1. The summed E-state index contributed by atoms with van der Waals surface area (Å²) in [6.45, 7) is 15.0. The summed E-state index contributed by atoms with van der Waals surface area (Å²) in [5.41, 5.74) is 1.34. The molecule has 2 rings (SSSR count). The van der Waals surface area contributed by atoms with Gasteiger partial charge >= 0.3 is 5.97 Å². The first-order chi connectivity index (χ1) is 10.5. The normalized spacial score (nSPS) is 11.8. The number of carbonyl (C=O) groups excluding carboxylic acids is 1. The van der Waals surface area contributed by atoms with Gasteiger partial charge in [-0.25, -0.2) is 4.98 Å². The van der Waals surface area contributed by atoms with Crippen LogP contribution in [0.3, 0.4) is 0 Å². The summed E-state index contributed by atoms with van der Waals surface area (Å²) in [5.74, 6) is -0.102. The van der Waals surface area contributed by atoms with Crippen molar-refractivity contribution < 1.29 is 9.53 Å². The Labute approximate surface area is 144 Å². The van der Waals surface area contributed by atoms with E-state index in [2.05, 4.69) is 44.0 Å². The van der Waals surface area contributed by atoms with E-state index in [9.17, 15) is 4.79 Å². The van der Waals surface area contributed by atoms with E-state index in [1.54, 1.807) is 11.3 Å². The van der Waals surface area contributed by atoms with E-state index in [0.29, 0.717) is 13.0 Å². The van der Waals surface area contributed by atoms with Crippen LogP contribution in [0, 0.1) is 5.41 Å². The van der Waals surface area contributed by atoms with E-state index in [1.165, 1.54) is 9.71 Å². The largest absolute Gasteiger partial charge is 0.466 e. The average Bonchev–Trinajstić information content (AvgIpc) is 2.81. The molecule has 0 saturated carbocycles. The molecule has 0 aliphatic rings. The minimum atomic E-state index is -0.102. The maximum Gasteiger partial charge on any atom is 0.306 e. The number of hydrogen-bond donors (Lipinski definition) is 0. The van der Waals surface area contributed by atoms with Gasteiger partial charge in [-0.2, -0.15) is 0 Å². The number of rotatable bonds is 2. The molecule has 1 aromatic carbocycles. The molecule has 2 aromatic rings. The maximum absolute atomic E-state index is 10.8. The van der Waals surface area contributed by atoms with Gasteiger partial charge in [0.2, 0.25) is 0 Å². The molecule has 0 bridgehead atoms. The number of para-hydroxylation sites is 1. The van der Waals surface area contributed by atoms with Crippen LogP contribution in [0.1, 0.15) is 59.9 Å². The van der Waals surface area contributed by atoms with Crippen LogP contribution < -0.4 is 0 Å². The molecule has 0 atom stereocenters. The first kappa shape index (κ1) is 19.6. The molecule has 0 amide bonds. The fourth-order valence-electron chi connectivity index (χ4n) is 1.84. The predicted molar refractivity (Wildman–Crippen MR) is 99.0 cm³/mol. The molecule has 0 spiro atoms. The van der Waals surface area contributed by atoms with Crippen LogP contribution in [0.15, 0.2) is 24.3 Å². The molecule has 128 valence electrons. The Bertz CT molecular complexity index is 600. The molecule has 0 N–H and O–H groups in total. The van der Waals surface area contributed by atoms with Gasteiger partial charge in [-0.3, -0.25) is 4.79 Å². The monoisotopic (exact) mass is 335 g/mol. The minimum absolute atomic E-state index is 0.0479. The smallest absolute Gasteiger partial charge is 0.306 e. The molecule has 3 nitrogen and oxygen atoms in total. The maximum atomic E-state index is 10.8. The third kappa shape index (κ3) is 7.12. The molecule has 1 aromatic heterocycles. The topological polar surface area (TPSA) is 39.2 Å². The Morgan fingerprint density at radius 2 is 1.74 bits per heavy atom. The standard InChI is InChI=1S/C11H13NS.C8H16O2/c1-11(2,3)10-12-8-6-4-5-7-9(8)13-10;1-5-10-7(9)6-8(2,3)4/h4-7H,1-3H3;5-6H2,1-4H3. The molecular weight excluding hydrogens is 306 g/mol. The molecule has 0 fully saturated rings. The number of aromatic nitrogens is 1. The summed E-state index contributed by atoms with van der Waals surface area (Å²) in [6, 6.07) is 8.30. The van der Waals surface area contributed by atoms with E-state index in [0.717, 1.165) is 5.52 Å². The molecular formula is C19H29NO2S. The number of esters is 1. The zero-order valence-corrected chi connectivity index (χ0v) is 16.2. The molecule has 4 heteroatoms. The van der Waals surface area contributed by atoms with Crippen LogP contribution >= 0.6 is 11.3 Å². The lowest BCUT2D eigenvalue weighted by Crippen LogP contribution is -2.15. The summed E-state index contributed by atoms with van der Waals surface area (Å²) in [4.78, 5) is 15.4. The van der Waals surface area contributed by atoms with Crippen LogP contribution in [-0.2, 0) is 14.9 Å². The van der Waals surface area contributed by atoms with Crippen molar-refractivity contribution in [1.29, 1.82) is 0 Å². The van der Waals surface area contributed by atoms with Crippen LogP contribution in [0.5, 0.6) is 0 Å². The lowest BCUT2D eigenvalue weighted by Gasteiger charge is -2.15. The van der Waals surface area contributed by atoms with Crippen molar-refractivity contribution in [3.8, 4) is 0 Å². The van der Waals surface area contributed by atoms with Crippen LogP contribution in [0.4, 0.5) is 0 Å². The number of thiazole rings is 1. The molecule has 0 aliphatic heterocycles. The highest BCUT2D eigenvalue weighted by atomic mass is 32.1. The fraction of sp³-hybridized carbons (Fsp3) is 0.579. The van der Waals surface area contributed by atoms with Crippen molar-refractivity contribution in [1.82, 2.24) is 4.98 Å². The highest BCUT2D eigenvalue weighted by Gasteiger charge is 2.18.